The maximum Gasteiger partial charge on any atom is 0.306 e. The molecular weight excluding hydrogens is 817 g/mol. The lowest BCUT2D eigenvalue weighted by molar-refractivity contribution is -0.167. The normalized spacial score (nSPS) is 12.2. The first kappa shape index (κ1) is 63.6. The third-order valence-electron chi connectivity index (χ3n) is 12.9. The van der Waals surface area contributed by atoms with Crippen molar-refractivity contribution in [3.63, 3.8) is 0 Å². The summed E-state index contributed by atoms with van der Waals surface area (Å²) >= 11 is 0. The molecule has 0 heterocycles. The molecule has 0 radical (unpaired) electrons. The number of hydrogen-bond acceptors (Lipinski definition) is 6. The first-order chi connectivity index (χ1) is 32.5. The second-order valence-electron chi connectivity index (χ2n) is 19.6. The summed E-state index contributed by atoms with van der Waals surface area (Å²) < 4.78 is 16.8. The number of carbonyl (C=O) groups is 3. The molecule has 0 aromatic carbocycles. The second kappa shape index (κ2) is 55.2. The van der Waals surface area contributed by atoms with Crippen molar-refractivity contribution in [2.45, 2.75) is 316 Å². The highest BCUT2D eigenvalue weighted by atomic mass is 16.6. The highest BCUT2D eigenvalue weighted by molar-refractivity contribution is 5.71. The van der Waals surface area contributed by atoms with Crippen LogP contribution in [-0.2, 0) is 28.6 Å². The molecule has 6 nitrogen and oxygen atoms in total. The Morgan fingerprint density at radius 1 is 0.303 bits per heavy atom. The molecule has 0 aliphatic heterocycles. The Labute approximate surface area is 410 Å². The molecule has 0 saturated heterocycles. The van der Waals surface area contributed by atoms with Gasteiger partial charge in [-0.25, -0.2) is 0 Å². The van der Waals surface area contributed by atoms with E-state index < -0.39 is 6.10 Å². The Balaban J connectivity index is 4.02. The van der Waals surface area contributed by atoms with Gasteiger partial charge in [0.2, 0.25) is 0 Å². The molecule has 6 heteroatoms. The van der Waals surface area contributed by atoms with Crippen molar-refractivity contribution in [1.82, 2.24) is 0 Å². The third-order valence-corrected chi connectivity index (χ3v) is 12.9. The minimum atomic E-state index is -0.764. The van der Waals surface area contributed by atoms with E-state index in [-0.39, 0.29) is 31.1 Å². The summed E-state index contributed by atoms with van der Waals surface area (Å²) in [6, 6.07) is 0. The van der Waals surface area contributed by atoms with E-state index in [1.54, 1.807) is 0 Å². The van der Waals surface area contributed by atoms with Crippen molar-refractivity contribution in [2.75, 3.05) is 13.2 Å². The summed E-state index contributed by atoms with van der Waals surface area (Å²) in [5.74, 6) is -0.861. The van der Waals surface area contributed by atoms with Gasteiger partial charge in [0.05, 0.1) is 0 Å². The van der Waals surface area contributed by atoms with Crippen molar-refractivity contribution in [1.29, 1.82) is 0 Å². The van der Waals surface area contributed by atoms with E-state index in [4.69, 9.17) is 14.2 Å². The summed E-state index contributed by atoms with van der Waals surface area (Å²) in [6.07, 6.45) is 66.0. The second-order valence-corrected chi connectivity index (χ2v) is 19.6. The third kappa shape index (κ3) is 52.6. The summed E-state index contributed by atoms with van der Waals surface area (Å²) in [5, 5.41) is 0. The van der Waals surface area contributed by atoms with Gasteiger partial charge in [-0.15, -0.1) is 0 Å². The van der Waals surface area contributed by atoms with Gasteiger partial charge in [0, 0.05) is 19.3 Å². The lowest BCUT2D eigenvalue weighted by Gasteiger charge is -2.18. The van der Waals surface area contributed by atoms with Crippen LogP contribution in [-0.4, -0.2) is 37.2 Å². The molecule has 66 heavy (non-hydrogen) atoms. The fourth-order valence-corrected chi connectivity index (χ4v) is 8.51. The zero-order valence-corrected chi connectivity index (χ0v) is 44.2. The standard InChI is InChI=1S/C60H110O6/c1-4-7-10-13-16-18-20-22-23-24-25-26-27-28-29-30-31-32-33-34-35-36-37-38-40-41-44-47-50-53-59(62)65-56-57(55-64-58(61)52-49-46-43-15-12-9-6-3)66-60(63)54-51-48-45-42-39-21-19-17-14-11-8-5-2/h20,22,24-25,27-28,57H,4-19,21,23,26,29-56H2,1-3H3/b22-20-,25-24-,28-27-. The molecule has 1 atom stereocenters. The van der Waals surface area contributed by atoms with Crippen LogP contribution in [0.4, 0.5) is 0 Å². The SMILES string of the molecule is CCCCCCC/C=C\C/C=C\C/C=C\CCCCCCCCCCCCCCCCC(=O)OCC(COC(=O)CCCCCCCCC)OC(=O)CCCCCCCCCCCCCC. The quantitative estimate of drug-likeness (QED) is 0.0262. The van der Waals surface area contributed by atoms with Crippen LogP contribution in [0.5, 0.6) is 0 Å². The summed E-state index contributed by atoms with van der Waals surface area (Å²) in [5.41, 5.74) is 0. The number of carbonyl (C=O) groups excluding carboxylic acids is 3. The van der Waals surface area contributed by atoms with E-state index in [0.717, 1.165) is 70.6 Å². The van der Waals surface area contributed by atoms with Gasteiger partial charge in [-0.1, -0.05) is 269 Å². The molecule has 0 fully saturated rings. The van der Waals surface area contributed by atoms with E-state index in [9.17, 15) is 14.4 Å². The molecule has 0 aliphatic rings. The number of esters is 3. The molecule has 0 saturated carbocycles. The monoisotopic (exact) mass is 927 g/mol. The van der Waals surface area contributed by atoms with E-state index in [0.29, 0.717) is 19.3 Å². The molecule has 0 aromatic rings. The van der Waals surface area contributed by atoms with Gasteiger partial charge in [-0.05, 0) is 57.8 Å². The molecule has 0 amide bonds. The van der Waals surface area contributed by atoms with Crippen LogP contribution in [0.15, 0.2) is 36.5 Å². The maximum atomic E-state index is 12.7. The summed E-state index contributed by atoms with van der Waals surface area (Å²) in [6.45, 7) is 6.61. The molecule has 0 bridgehead atoms. The Bertz CT molecular complexity index is 1110. The van der Waals surface area contributed by atoms with Crippen LogP contribution in [0.1, 0.15) is 310 Å². The summed E-state index contributed by atoms with van der Waals surface area (Å²) in [7, 11) is 0. The lowest BCUT2D eigenvalue weighted by Crippen LogP contribution is -2.30. The van der Waals surface area contributed by atoms with E-state index in [1.807, 2.05) is 0 Å². The average molecular weight is 928 g/mol. The molecule has 0 aliphatic carbocycles. The first-order valence-electron chi connectivity index (χ1n) is 29.0. The number of allylic oxidation sites excluding steroid dienone is 6. The molecule has 0 rings (SSSR count). The van der Waals surface area contributed by atoms with Crippen LogP contribution >= 0.6 is 0 Å². The van der Waals surface area contributed by atoms with Gasteiger partial charge in [-0.3, -0.25) is 14.4 Å². The van der Waals surface area contributed by atoms with E-state index >= 15 is 0 Å². The fraction of sp³-hybridized carbons (Fsp3) is 0.850. The van der Waals surface area contributed by atoms with Crippen molar-refractivity contribution in [3.05, 3.63) is 36.5 Å². The molecule has 0 spiro atoms. The number of unbranched alkanes of at least 4 members (excludes halogenated alkanes) is 36. The van der Waals surface area contributed by atoms with Crippen LogP contribution < -0.4 is 0 Å². The smallest absolute Gasteiger partial charge is 0.306 e. The van der Waals surface area contributed by atoms with Gasteiger partial charge in [0.1, 0.15) is 13.2 Å². The zero-order valence-electron chi connectivity index (χ0n) is 44.2. The Morgan fingerprint density at radius 3 is 0.848 bits per heavy atom. The Morgan fingerprint density at radius 2 is 0.545 bits per heavy atom. The van der Waals surface area contributed by atoms with Gasteiger partial charge >= 0.3 is 17.9 Å². The first-order valence-corrected chi connectivity index (χ1v) is 29.0. The number of ether oxygens (including phenoxy) is 3. The van der Waals surface area contributed by atoms with E-state index in [2.05, 4.69) is 57.2 Å². The molecular formula is C60H110O6. The minimum absolute atomic E-state index is 0.0678. The van der Waals surface area contributed by atoms with Crippen LogP contribution in [0.25, 0.3) is 0 Å². The fourth-order valence-electron chi connectivity index (χ4n) is 8.51. The average Bonchev–Trinajstić information content (AvgIpc) is 3.31. The van der Waals surface area contributed by atoms with Gasteiger partial charge < -0.3 is 14.2 Å². The van der Waals surface area contributed by atoms with Gasteiger partial charge in [0.25, 0.3) is 0 Å². The van der Waals surface area contributed by atoms with Crippen LogP contribution in [0, 0.1) is 0 Å². The predicted molar refractivity (Wildman–Crippen MR) is 284 cm³/mol. The van der Waals surface area contributed by atoms with Crippen molar-refractivity contribution < 1.29 is 28.6 Å². The van der Waals surface area contributed by atoms with Gasteiger partial charge in [0.15, 0.2) is 6.10 Å². The predicted octanol–water partition coefficient (Wildman–Crippen LogP) is 19.3. The molecule has 0 aromatic heterocycles. The molecule has 386 valence electrons. The maximum absolute atomic E-state index is 12.7. The largest absolute Gasteiger partial charge is 0.462 e. The van der Waals surface area contributed by atoms with E-state index in [1.165, 1.54) is 199 Å². The highest BCUT2D eigenvalue weighted by Gasteiger charge is 2.19. The van der Waals surface area contributed by atoms with Crippen LogP contribution in [0.2, 0.25) is 0 Å². The minimum Gasteiger partial charge on any atom is -0.462 e. The number of rotatable bonds is 53. The Kier molecular flexibility index (Phi) is 53.2. The number of hydrogen-bond donors (Lipinski definition) is 0. The van der Waals surface area contributed by atoms with Crippen molar-refractivity contribution >= 4 is 17.9 Å². The lowest BCUT2D eigenvalue weighted by atomic mass is 10.0. The topological polar surface area (TPSA) is 78.9 Å². The molecule has 1 unspecified atom stereocenters. The zero-order chi connectivity index (χ0) is 47.9. The molecule has 0 N–H and O–H groups in total. The Hall–Kier alpha value is -2.37. The van der Waals surface area contributed by atoms with Crippen molar-refractivity contribution in [3.8, 4) is 0 Å². The van der Waals surface area contributed by atoms with Crippen LogP contribution in [0.3, 0.4) is 0 Å². The van der Waals surface area contributed by atoms with Crippen molar-refractivity contribution in [2.24, 2.45) is 0 Å². The van der Waals surface area contributed by atoms with Gasteiger partial charge in [-0.2, -0.15) is 0 Å². The summed E-state index contributed by atoms with van der Waals surface area (Å²) in [4.78, 5) is 37.8. The highest BCUT2D eigenvalue weighted by Crippen LogP contribution is 2.16.